The van der Waals surface area contributed by atoms with E-state index in [1.807, 2.05) is 0 Å². The molecular formula is C9H5BrClNO2S. The Kier molecular flexibility index (Phi) is 2.70. The van der Waals surface area contributed by atoms with Crippen LogP contribution in [0, 0.1) is 0 Å². The Morgan fingerprint density at radius 1 is 1.27 bits per heavy atom. The van der Waals surface area contributed by atoms with E-state index in [0.29, 0.717) is 10.0 Å². The zero-order valence-corrected chi connectivity index (χ0v) is 10.5. The number of aliphatic imine (C=N–C) groups is 1. The summed E-state index contributed by atoms with van der Waals surface area (Å²) in [4.78, 5) is 3.72. The summed E-state index contributed by atoms with van der Waals surface area (Å²) in [5.41, 5.74) is 0.567. The van der Waals surface area contributed by atoms with Crippen LogP contribution in [0.1, 0.15) is 5.56 Å². The summed E-state index contributed by atoms with van der Waals surface area (Å²) < 4.78 is 23.7. The summed E-state index contributed by atoms with van der Waals surface area (Å²) in [6.07, 6.45) is 1.26. The number of rotatable bonds is 1. The second-order valence-corrected chi connectivity index (χ2v) is 6.13. The fraction of sp³-hybridized carbons (Fsp3) is 0. The quantitative estimate of drug-likeness (QED) is 0.801. The van der Waals surface area contributed by atoms with Crippen molar-refractivity contribution in [2.75, 3.05) is 0 Å². The Morgan fingerprint density at radius 3 is 2.47 bits per heavy atom. The van der Waals surface area contributed by atoms with Gasteiger partial charge in [-0.3, -0.25) is 0 Å². The lowest BCUT2D eigenvalue weighted by Crippen LogP contribution is -2.06. The van der Waals surface area contributed by atoms with Gasteiger partial charge < -0.3 is 0 Å². The smallest absolute Gasteiger partial charge is 0.232 e. The van der Waals surface area contributed by atoms with E-state index in [0.717, 1.165) is 0 Å². The van der Waals surface area contributed by atoms with Gasteiger partial charge in [0.1, 0.15) is 4.91 Å². The van der Waals surface area contributed by atoms with Crippen molar-refractivity contribution in [1.82, 2.24) is 0 Å². The van der Waals surface area contributed by atoms with Crippen LogP contribution in [0.3, 0.4) is 0 Å². The Balaban J connectivity index is 2.59. The van der Waals surface area contributed by atoms with E-state index >= 15 is 0 Å². The first kappa shape index (κ1) is 10.9. The van der Waals surface area contributed by atoms with Crippen LogP contribution in [0.4, 0.5) is 0 Å². The molecule has 1 aliphatic rings. The van der Waals surface area contributed by atoms with Gasteiger partial charge in [0.05, 0.1) is 0 Å². The monoisotopic (exact) mass is 305 g/mol. The Hall–Kier alpha value is -0.650. The molecule has 1 aromatic rings. The highest BCUT2D eigenvalue weighted by atomic mass is 79.9. The van der Waals surface area contributed by atoms with Crippen LogP contribution in [0.15, 0.2) is 39.9 Å². The highest BCUT2D eigenvalue weighted by Crippen LogP contribution is 2.33. The summed E-state index contributed by atoms with van der Waals surface area (Å²) in [6, 6.07) is 7.01. The van der Waals surface area contributed by atoms with Crippen molar-refractivity contribution in [1.29, 1.82) is 0 Å². The summed E-state index contributed by atoms with van der Waals surface area (Å²) in [7, 11) is -3.59. The zero-order chi connectivity index (χ0) is 11.1. The van der Waals surface area contributed by atoms with Gasteiger partial charge in [0.15, 0.2) is 0 Å². The number of benzene rings is 1. The average Bonchev–Trinajstić information content (AvgIpc) is 2.44. The highest BCUT2D eigenvalue weighted by Gasteiger charge is 2.30. The number of halogens is 2. The van der Waals surface area contributed by atoms with Crippen LogP contribution >= 0.6 is 27.5 Å². The predicted octanol–water partition coefficient (Wildman–Crippen LogP) is 2.77. The van der Waals surface area contributed by atoms with Crippen molar-refractivity contribution in [2.24, 2.45) is 4.99 Å². The number of hydrogen-bond acceptors (Lipinski definition) is 3. The van der Waals surface area contributed by atoms with E-state index < -0.39 is 9.84 Å². The highest BCUT2D eigenvalue weighted by molar-refractivity contribution is 9.10. The second-order valence-electron chi connectivity index (χ2n) is 2.86. The number of sulfone groups is 1. The van der Waals surface area contributed by atoms with E-state index in [1.54, 1.807) is 24.3 Å². The third-order valence-electron chi connectivity index (χ3n) is 1.93. The summed E-state index contributed by atoms with van der Waals surface area (Å²) in [6.45, 7) is 0. The molecule has 6 heteroatoms. The first-order valence-electron chi connectivity index (χ1n) is 3.97. The molecule has 0 bridgehead atoms. The lowest BCUT2D eigenvalue weighted by molar-refractivity contribution is 0.617. The van der Waals surface area contributed by atoms with Crippen LogP contribution in [-0.2, 0) is 9.84 Å². The van der Waals surface area contributed by atoms with Gasteiger partial charge in [0, 0.05) is 16.2 Å². The molecule has 0 amide bonds. The summed E-state index contributed by atoms with van der Waals surface area (Å²) in [5.74, 6) is 0. The van der Waals surface area contributed by atoms with Gasteiger partial charge in [-0.2, -0.15) is 0 Å². The molecule has 0 aliphatic carbocycles. The fourth-order valence-corrected chi connectivity index (χ4v) is 3.17. The minimum Gasteiger partial charge on any atom is -0.232 e. The number of hydrogen-bond donors (Lipinski definition) is 0. The molecule has 78 valence electrons. The Bertz CT molecular complexity index is 578. The van der Waals surface area contributed by atoms with Crippen molar-refractivity contribution in [2.45, 2.75) is 0 Å². The molecule has 0 atom stereocenters. The molecule has 0 saturated carbocycles. The normalized spacial score (nSPS) is 18.5. The molecule has 15 heavy (non-hydrogen) atoms. The molecule has 1 aromatic carbocycles. The molecule has 0 radical (unpaired) electrons. The maximum absolute atomic E-state index is 11.7. The minimum atomic E-state index is -3.59. The second kappa shape index (κ2) is 3.73. The van der Waals surface area contributed by atoms with Crippen LogP contribution in [-0.4, -0.2) is 12.9 Å². The predicted molar refractivity (Wildman–Crippen MR) is 64.3 cm³/mol. The molecule has 3 nitrogen and oxygen atoms in total. The van der Waals surface area contributed by atoms with Crippen molar-refractivity contribution in [3.63, 3.8) is 0 Å². The maximum Gasteiger partial charge on any atom is 0.237 e. The van der Waals surface area contributed by atoms with E-state index in [2.05, 4.69) is 20.9 Å². The molecule has 0 spiro atoms. The zero-order valence-electron chi connectivity index (χ0n) is 7.31. The minimum absolute atomic E-state index is 0.125. The van der Waals surface area contributed by atoms with Gasteiger partial charge in [0.25, 0.3) is 0 Å². The standard InChI is InChI=1S/C9H5BrClNO2S/c10-7-4-2-1-3-6(7)8-5-12-9(11)15(8,13)14/h1-5H. The van der Waals surface area contributed by atoms with Gasteiger partial charge in [-0.1, -0.05) is 34.1 Å². The molecule has 0 unspecified atom stereocenters. The molecule has 1 heterocycles. The van der Waals surface area contributed by atoms with Crippen molar-refractivity contribution < 1.29 is 8.42 Å². The first-order valence-corrected chi connectivity index (χ1v) is 6.62. The van der Waals surface area contributed by atoms with E-state index in [9.17, 15) is 8.42 Å². The van der Waals surface area contributed by atoms with Crippen LogP contribution in [0.2, 0.25) is 0 Å². The van der Waals surface area contributed by atoms with E-state index in [1.165, 1.54) is 6.20 Å². The lowest BCUT2D eigenvalue weighted by Gasteiger charge is -2.04. The molecule has 0 saturated heterocycles. The summed E-state index contributed by atoms with van der Waals surface area (Å²) >= 11 is 8.77. The van der Waals surface area contributed by atoms with Crippen molar-refractivity contribution >= 4 is 46.8 Å². The fourth-order valence-electron chi connectivity index (χ4n) is 1.21. The van der Waals surface area contributed by atoms with Crippen molar-refractivity contribution in [3.05, 3.63) is 40.5 Å². The third-order valence-corrected chi connectivity index (χ3v) is 4.79. The van der Waals surface area contributed by atoms with Crippen LogP contribution in [0.5, 0.6) is 0 Å². The molecule has 1 aliphatic heterocycles. The van der Waals surface area contributed by atoms with Gasteiger partial charge in [-0.15, -0.1) is 0 Å². The summed E-state index contributed by atoms with van der Waals surface area (Å²) in [5, 5.41) is 0. The maximum atomic E-state index is 11.7. The average molecular weight is 307 g/mol. The van der Waals surface area contributed by atoms with Crippen LogP contribution < -0.4 is 0 Å². The topological polar surface area (TPSA) is 46.5 Å². The van der Waals surface area contributed by atoms with Gasteiger partial charge in [-0.05, 0) is 17.7 Å². The molecular weight excluding hydrogens is 302 g/mol. The molecule has 0 fully saturated rings. The molecule has 0 aromatic heterocycles. The third kappa shape index (κ3) is 1.75. The largest absolute Gasteiger partial charge is 0.237 e. The molecule has 2 rings (SSSR count). The van der Waals surface area contributed by atoms with Crippen LogP contribution in [0.25, 0.3) is 4.91 Å². The first-order chi connectivity index (χ1) is 7.03. The van der Waals surface area contributed by atoms with Crippen molar-refractivity contribution in [3.8, 4) is 0 Å². The number of nitrogens with zero attached hydrogens (tertiary/aromatic N) is 1. The van der Waals surface area contributed by atoms with Gasteiger partial charge in [-0.25, -0.2) is 13.4 Å². The Labute approximate surface area is 101 Å². The SMILES string of the molecule is O=S1(=O)C(c2ccccc2Br)=CN=C1Cl. The van der Waals surface area contributed by atoms with E-state index in [-0.39, 0.29) is 9.41 Å². The van der Waals surface area contributed by atoms with Gasteiger partial charge in [0.2, 0.25) is 14.3 Å². The lowest BCUT2D eigenvalue weighted by atomic mass is 10.2. The van der Waals surface area contributed by atoms with Gasteiger partial charge >= 0.3 is 0 Å². The molecule has 0 N–H and O–H groups in total. The van der Waals surface area contributed by atoms with E-state index in [4.69, 9.17) is 11.6 Å². The Morgan fingerprint density at radius 2 is 1.93 bits per heavy atom.